The van der Waals surface area contributed by atoms with E-state index >= 15 is 0 Å². The van der Waals surface area contributed by atoms with Crippen molar-refractivity contribution in [3.8, 4) is 0 Å². The van der Waals surface area contributed by atoms with Crippen LogP contribution in [0.25, 0.3) is 0 Å². The molecule has 6 heteroatoms. The molecule has 1 aliphatic rings. The van der Waals surface area contributed by atoms with Crippen molar-refractivity contribution in [1.82, 2.24) is 5.32 Å². The Morgan fingerprint density at radius 2 is 2.32 bits per heavy atom. The molecule has 0 saturated carbocycles. The van der Waals surface area contributed by atoms with Crippen molar-refractivity contribution in [2.75, 3.05) is 6.54 Å². The molecule has 1 N–H and O–H groups in total. The number of hydrogen-bond acceptors (Lipinski definition) is 4. The van der Waals surface area contributed by atoms with Crippen LogP contribution in [0.3, 0.4) is 0 Å². The Labute approximate surface area is 115 Å². The average Bonchev–Trinajstić information content (AvgIpc) is 2.81. The lowest BCUT2D eigenvalue weighted by molar-refractivity contribution is -0.159. The number of ether oxygens (including phenoxy) is 1. The monoisotopic (exact) mass is 289 g/mol. The van der Waals surface area contributed by atoms with E-state index in [1.54, 1.807) is 11.3 Å². The summed E-state index contributed by atoms with van der Waals surface area (Å²) in [6.07, 6.45) is -0.408. The summed E-state index contributed by atoms with van der Waals surface area (Å²) in [6.45, 7) is 4.31. The number of thiophene rings is 1. The SMILES string of the molecule is Cc1ccc(CC(C)NCC2CC(F)(F)C(=O)O2)s1. The van der Waals surface area contributed by atoms with E-state index in [9.17, 15) is 13.6 Å². The first-order chi connectivity index (χ1) is 8.87. The van der Waals surface area contributed by atoms with E-state index in [0.29, 0.717) is 0 Å². The zero-order valence-corrected chi connectivity index (χ0v) is 11.7. The van der Waals surface area contributed by atoms with E-state index < -0.39 is 24.4 Å². The number of rotatable bonds is 5. The number of aryl methyl sites for hydroxylation is 1. The molecule has 1 fully saturated rings. The summed E-state index contributed by atoms with van der Waals surface area (Å²) in [6, 6.07) is 4.29. The van der Waals surface area contributed by atoms with Gasteiger partial charge in [0, 0.05) is 22.3 Å². The molecule has 1 aromatic rings. The number of esters is 1. The molecular formula is C13H17F2NO2S. The molecule has 106 valence electrons. The van der Waals surface area contributed by atoms with Crippen LogP contribution < -0.4 is 5.32 Å². The van der Waals surface area contributed by atoms with Crippen molar-refractivity contribution >= 4 is 17.3 Å². The second-order valence-corrected chi connectivity index (χ2v) is 6.33. The van der Waals surface area contributed by atoms with E-state index in [2.05, 4.69) is 22.2 Å². The Hall–Kier alpha value is -1.01. The number of carbonyl (C=O) groups excluding carboxylic acids is 1. The van der Waals surface area contributed by atoms with Gasteiger partial charge in [-0.25, -0.2) is 4.79 Å². The molecule has 0 radical (unpaired) electrons. The van der Waals surface area contributed by atoms with Crippen molar-refractivity contribution in [2.24, 2.45) is 0 Å². The molecule has 1 aromatic heterocycles. The lowest BCUT2D eigenvalue weighted by Crippen LogP contribution is -2.35. The highest BCUT2D eigenvalue weighted by Crippen LogP contribution is 2.30. The van der Waals surface area contributed by atoms with Gasteiger partial charge in [-0.05, 0) is 32.4 Å². The van der Waals surface area contributed by atoms with Crippen LogP contribution in [0.1, 0.15) is 23.1 Å². The van der Waals surface area contributed by atoms with E-state index in [1.165, 1.54) is 9.75 Å². The van der Waals surface area contributed by atoms with Crippen molar-refractivity contribution < 1.29 is 18.3 Å². The smallest absolute Gasteiger partial charge is 0.377 e. The Morgan fingerprint density at radius 1 is 1.58 bits per heavy atom. The highest BCUT2D eigenvalue weighted by molar-refractivity contribution is 7.11. The Balaban J connectivity index is 1.75. The Kier molecular flexibility index (Phi) is 4.20. The number of hydrogen-bond donors (Lipinski definition) is 1. The molecule has 0 bridgehead atoms. The van der Waals surface area contributed by atoms with Crippen molar-refractivity contribution in [3.05, 3.63) is 21.9 Å². The van der Waals surface area contributed by atoms with Crippen molar-refractivity contribution in [2.45, 2.75) is 44.8 Å². The Bertz CT molecular complexity index is 461. The number of cyclic esters (lactones) is 1. The zero-order valence-electron chi connectivity index (χ0n) is 10.9. The van der Waals surface area contributed by atoms with Gasteiger partial charge in [0.2, 0.25) is 0 Å². The number of nitrogens with one attached hydrogen (secondary N) is 1. The summed E-state index contributed by atoms with van der Waals surface area (Å²) in [5.41, 5.74) is 0. The van der Waals surface area contributed by atoms with Gasteiger partial charge < -0.3 is 10.1 Å². The van der Waals surface area contributed by atoms with Gasteiger partial charge in [0.05, 0.1) is 6.42 Å². The maximum atomic E-state index is 13.0. The molecule has 19 heavy (non-hydrogen) atoms. The van der Waals surface area contributed by atoms with Crippen LogP contribution in [0.5, 0.6) is 0 Å². The highest BCUT2D eigenvalue weighted by Gasteiger charge is 2.50. The predicted molar refractivity (Wildman–Crippen MR) is 69.7 cm³/mol. The van der Waals surface area contributed by atoms with Crippen LogP contribution in [-0.4, -0.2) is 30.6 Å². The van der Waals surface area contributed by atoms with Gasteiger partial charge >= 0.3 is 11.9 Å². The minimum Gasteiger partial charge on any atom is -0.456 e. The highest BCUT2D eigenvalue weighted by atomic mass is 32.1. The third-order valence-corrected chi connectivity index (χ3v) is 4.08. The van der Waals surface area contributed by atoms with Crippen LogP contribution in [0.15, 0.2) is 12.1 Å². The Morgan fingerprint density at radius 3 is 2.84 bits per heavy atom. The average molecular weight is 289 g/mol. The lowest BCUT2D eigenvalue weighted by Gasteiger charge is -2.15. The van der Waals surface area contributed by atoms with Gasteiger partial charge in [-0.1, -0.05) is 0 Å². The topological polar surface area (TPSA) is 38.3 Å². The molecular weight excluding hydrogens is 272 g/mol. The standard InChI is InChI=1S/C13H17F2NO2S/c1-8(5-11-4-3-9(2)19-11)16-7-10-6-13(14,15)12(17)18-10/h3-4,8,10,16H,5-7H2,1-2H3. The fourth-order valence-electron chi connectivity index (χ4n) is 2.06. The number of halogens is 2. The molecule has 3 nitrogen and oxygen atoms in total. The summed E-state index contributed by atoms with van der Waals surface area (Å²) in [5, 5.41) is 3.14. The molecule has 2 unspecified atom stereocenters. The quantitative estimate of drug-likeness (QED) is 0.847. The molecule has 0 spiro atoms. The summed E-state index contributed by atoms with van der Waals surface area (Å²) in [4.78, 5) is 13.4. The third kappa shape index (κ3) is 3.73. The fourth-order valence-corrected chi connectivity index (χ4v) is 3.08. The minimum absolute atomic E-state index is 0.158. The molecule has 0 amide bonds. The van der Waals surface area contributed by atoms with Gasteiger partial charge in [0.15, 0.2) is 0 Å². The molecule has 0 aromatic carbocycles. The second kappa shape index (κ2) is 5.54. The lowest BCUT2D eigenvalue weighted by atomic mass is 10.1. The number of alkyl halides is 2. The van der Waals surface area contributed by atoms with E-state index in [0.717, 1.165) is 6.42 Å². The maximum Gasteiger partial charge on any atom is 0.377 e. The van der Waals surface area contributed by atoms with E-state index in [1.807, 2.05) is 13.8 Å². The van der Waals surface area contributed by atoms with Gasteiger partial charge in [-0.2, -0.15) is 8.78 Å². The first kappa shape index (κ1) is 14.4. The van der Waals surface area contributed by atoms with Gasteiger partial charge in [0.25, 0.3) is 0 Å². The third-order valence-electron chi connectivity index (χ3n) is 3.05. The summed E-state index contributed by atoms with van der Waals surface area (Å²) >= 11 is 1.73. The maximum absolute atomic E-state index is 13.0. The van der Waals surface area contributed by atoms with E-state index in [-0.39, 0.29) is 12.6 Å². The molecule has 1 saturated heterocycles. The van der Waals surface area contributed by atoms with Crippen molar-refractivity contribution in [1.29, 1.82) is 0 Å². The molecule has 1 aliphatic heterocycles. The zero-order chi connectivity index (χ0) is 14.0. The predicted octanol–water partition coefficient (Wildman–Crippen LogP) is 2.53. The van der Waals surface area contributed by atoms with Crippen LogP contribution in [0.2, 0.25) is 0 Å². The summed E-state index contributed by atoms with van der Waals surface area (Å²) < 4.78 is 30.6. The first-order valence-electron chi connectivity index (χ1n) is 6.24. The molecule has 2 rings (SSSR count). The van der Waals surface area contributed by atoms with Crippen LogP contribution in [-0.2, 0) is 16.0 Å². The van der Waals surface area contributed by atoms with Crippen LogP contribution in [0.4, 0.5) is 8.78 Å². The van der Waals surface area contributed by atoms with Gasteiger partial charge in [-0.15, -0.1) is 11.3 Å². The van der Waals surface area contributed by atoms with Gasteiger partial charge in [0.1, 0.15) is 6.10 Å². The summed E-state index contributed by atoms with van der Waals surface area (Å²) in [7, 11) is 0. The van der Waals surface area contributed by atoms with Crippen LogP contribution >= 0.6 is 11.3 Å². The summed E-state index contributed by atoms with van der Waals surface area (Å²) in [5.74, 6) is -4.72. The fraction of sp³-hybridized carbons (Fsp3) is 0.615. The molecule has 2 heterocycles. The second-order valence-electron chi connectivity index (χ2n) is 4.96. The van der Waals surface area contributed by atoms with E-state index in [4.69, 9.17) is 0 Å². The van der Waals surface area contributed by atoms with Crippen molar-refractivity contribution in [3.63, 3.8) is 0 Å². The normalized spacial score (nSPS) is 23.4. The molecule has 0 aliphatic carbocycles. The number of carbonyl (C=O) groups is 1. The minimum atomic E-state index is -3.32. The van der Waals surface area contributed by atoms with Gasteiger partial charge in [-0.3, -0.25) is 0 Å². The largest absolute Gasteiger partial charge is 0.456 e. The van der Waals surface area contributed by atoms with Crippen LogP contribution in [0, 0.1) is 6.92 Å². The molecule has 2 atom stereocenters. The first-order valence-corrected chi connectivity index (χ1v) is 7.06.